The second-order valence-electron chi connectivity index (χ2n) is 3.79. The van der Waals surface area contributed by atoms with Crippen molar-refractivity contribution in [1.29, 1.82) is 0 Å². The average Bonchev–Trinajstić information content (AvgIpc) is 1.84. The van der Waals surface area contributed by atoms with Gasteiger partial charge in [-0.05, 0) is 19.3 Å². The molecule has 1 spiro atoms. The number of methoxy groups -OCH3 is 1. The molecule has 2 heteroatoms. The Balaban J connectivity index is 2.06. The normalized spacial score (nSPS) is 39.4. The Bertz CT molecular complexity index is 172. The van der Waals surface area contributed by atoms with Crippen LogP contribution < -0.4 is 0 Å². The van der Waals surface area contributed by atoms with Crippen LogP contribution in [0.15, 0.2) is 0 Å². The molecule has 0 aromatic heterocycles. The van der Waals surface area contributed by atoms with Crippen molar-refractivity contribution in [3.8, 4) is 0 Å². The fourth-order valence-corrected chi connectivity index (χ4v) is 2.58. The third-order valence-corrected chi connectivity index (χ3v) is 3.58. The highest BCUT2D eigenvalue weighted by molar-refractivity contribution is 5.58. The molecule has 0 aromatic carbocycles. The molecule has 2 rings (SSSR count). The summed E-state index contributed by atoms with van der Waals surface area (Å²) in [6, 6.07) is 0. The Morgan fingerprint density at radius 3 is 2.64 bits per heavy atom. The van der Waals surface area contributed by atoms with E-state index in [2.05, 4.69) is 0 Å². The highest BCUT2D eigenvalue weighted by Crippen LogP contribution is 2.59. The number of ether oxygens (including phenoxy) is 1. The fourth-order valence-electron chi connectivity index (χ4n) is 2.58. The van der Waals surface area contributed by atoms with Crippen molar-refractivity contribution in [3.63, 3.8) is 0 Å². The summed E-state index contributed by atoms with van der Waals surface area (Å²) in [5.41, 5.74) is 0.288. The van der Waals surface area contributed by atoms with Gasteiger partial charge in [-0.3, -0.25) is 0 Å². The molecule has 0 saturated heterocycles. The quantitative estimate of drug-likeness (QED) is 0.562. The molecule has 0 amide bonds. The molecule has 2 saturated carbocycles. The highest BCUT2D eigenvalue weighted by atomic mass is 16.5. The van der Waals surface area contributed by atoms with Crippen LogP contribution in [0.3, 0.4) is 0 Å². The summed E-state index contributed by atoms with van der Waals surface area (Å²) in [7, 11) is 1.76. The lowest BCUT2D eigenvalue weighted by Crippen LogP contribution is -2.58. The molecule has 2 nitrogen and oxygen atoms in total. The van der Waals surface area contributed by atoms with Gasteiger partial charge in [0.2, 0.25) is 0 Å². The maximum absolute atomic E-state index is 10.6. The number of hydrogen-bond donors (Lipinski definition) is 0. The molecule has 2 unspecified atom stereocenters. The molecular weight excluding hydrogens is 140 g/mol. The van der Waals surface area contributed by atoms with Crippen molar-refractivity contribution < 1.29 is 9.53 Å². The van der Waals surface area contributed by atoms with Gasteiger partial charge in [0.25, 0.3) is 0 Å². The van der Waals surface area contributed by atoms with Gasteiger partial charge in [0.1, 0.15) is 6.29 Å². The zero-order valence-corrected chi connectivity index (χ0v) is 6.88. The molecule has 2 aliphatic rings. The van der Waals surface area contributed by atoms with E-state index in [0.717, 1.165) is 12.7 Å². The Kier molecular flexibility index (Phi) is 1.53. The number of hydrogen-bond acceptors (Lipinski definition) is 2. The molecule has 0 aromatic rings. The zero-order valence-electron chi connectivity index (χ0n) is 6.88. The monoisotopic (exact) mass is 154 g/mol. The number of aldehydes is 1. The molecule has 0 N–H and O–H groups in total. The van der Waals surface area contributed by atoms with Crippen LogP contribution in [-0.2, 0) is 9.53 Å². The van der Waals surface area contributed by atoms with E-state index < -0.39 is 0 Å². The third kappa shape index (κ3) is 0.734. The smallest absolute Gasteiger partial charge is 0.123 e. The minimum atomic E-state index is 0.288. The van der Waals surface area contributed by atoms with E-state index in [1.54, 1.807) is 7.11 Å². The first kappa shape index (κ1) is 7.29. The first-order valence-corrected chi connectivity index (χ1v) is 4.31. The van der Waals surface area contributed by atoms with Gasteiger partial charge in [0, 0.05) is 18.4 Å². The van der Waals surface area contributed by atoms with Gasteiger partial charge in [-0.2, -0.15) is 0 Å². The van der Waals surface area contributed by atoms with Gasteiger partial charge < -0.3 is 9.53 Å². The minimum absolute atomic E-state index is 0.288. The Labute approximate surface area is 66.9 Å². The molecule has 0 bridgehead atoms. The lowest BCUT2D eigenvalue weighted by Gasteiger charge is -2.59. The molecule has 11 heavy (non-hydrogen) atoms. The molecule has 0 aliphatic heterocycles. The van der Waals surface area contributed by atoms with Crippen LogP contribution >= 0.6 is 0 Å². The standard InChI is InChI=1S/C9H14O2/c1-11-8-5-7(6-10)9(8)3-2-4-9/h6-8H,2-5H2,1H3. The number of carbonyl (C=O) groups is 1. The van der Waals surface area contributed by atoms with Crippen molar-refractivity contribution in [1.82, 2.24) is 0 Å². The van der Waals surface area contributed by atoms with E-state index in [0.29, 0.717) is 12.0 Å². The van der Waals surface area contributed by atoms with Gasteiger partial charge in [-0.15, -0.1) is 0 Å². The number of carbonyl (C=O) groups excluding carboxylic acids is 1. The Morgan fingerprint density at radius 1 is 1.55 bits per heavy atom. The Morgan fingerprint density at radius 2 is 2.27 bits per heavy atom. The highest BCUT2D eigenvalue weighted by Gasteiger charge is 2.58. The van der Waals surface area contributed by atoms with E-state index in [4.69, 9.17) is 4.74 Å². The topological polar surface area (TPSA) is 26.3 Å². The Hall–Kier alpha value is -0.370. The third-order valence-electron chi connectivity index (χ3n) is 3.58. The van der Waals surface area contributed by atoms with Crippen molar-refractivity contribution in [2.45, 2.75) is 31.8 Å². The molecule has 0 heterocycles. The predicted octanol–water partition coefficient (Wildman–Crippen LogP) is 1.39. The summed E-state index contributed by atoms with van der Waals surface area (Å²) < 4.78 is 5.32. The van der Waals surface area contributed by atoms with Crippen LogP contribution in [0, 0.1) is 11.3 Å². The predicted molar refractivity (Wildman–Crippen MR) is 41.3 cm³/mol. The first-order valence-electron chi connectivity index (χ1n) is 4.31. The van der Waals surface area contributed by atoms with Crippen LogP contribution in [0.4, 0.5) is 0 Å². The van der Waals surface area contributed by atoms with Gasteiger partial charge in [-0.1, -0.05) is 6.42 Å². The summed E-state index contributed by atoms with van der Waals surface area (Å²) in [5, 5.41) is 0. The van der Waals surface area contributed by atoms with Gasteiger partial charge in [-0.25, -0.2) is 0 Å². The van der Waals surface area contributed by atoms with E-state index in [1.807, 2.05) is 0 Å². The van der Waals surface area contributed by atoms with E-state index in [1.165, 1.54) is 19.3 Å². The fraction of sp³-hybridized carbons (Fsp3) is 0.889. The van der Waals surface area contributed by atoms with E-state index in [-0.39, 0.29) is 5.41 Å². The molecular formula is C9H14O2. The largest absolute Gasteiger partial charge is 0.381 e. The van der Waals surface area contributed by atoms with Crippen LogP contribution in [0.25, 0.3) is 0 Å². The molecule has 62 valence electrons. The van der Waals surface area contributed by atoms with Gasteiger partial charge >= 0.3 is 0 Å². The lowest BCUT2D eigenvalue weighted by atomic mass is 9.48. The van der Waals surface area contributed by atoms with E-state index in [9.17, 15) is 4.79 Å². The van der Waals surface area contributed by atoms with Crippen molar-refractivity contribution in [2.75, 3.05) is 7.11 Å². The van der Waals surface area contributed by atoms with Crippen LogP contribution in [0.5, 0.6) is 0 Å². The summed E-state index contributed by atoms with van der Waals surface area (Å²) >= 11 is 0. The zero-order chi connectivity index (χ0) is 7.90. The van der Waals surface area contributed by atoms with E-state index >= 15 is 0 Å². The number of rotatable bonds is 2. The van der Waals surface area contributed by atoms with Crippen LogP contribution in [0.1, 0.15) is 25.7 Å². The van der Waals surface area contributed by atoms with Crippen LogP contribution in [-0.4, -0.2) is 19.5 Å². The molecule has 2 aliphatic carbocycles. The summed E-state index contributed by atoms with van der Waals surface area (Å²) in [4.78, 5) is 10.6. The second kappa shape index (κ2) is 2.31. The van der Waals surface area contributed by atoms with Crippen molar-refractivity contribution in [2.24, 2.45) is 11.3 Å². The van der Waals surface area contributed by atoms with Gasteiger partial charge in [0.15, 0.2) is 0 Å². The maximum atomic E-state index is 10.6. The first-order chi connectivity index (χ1) is 5.33. The maximum Gasteiger partial charge on any atom is 0.123 e. The van der Waals surface area contributed by atoms with Crippen LogP contribution in [0.2, 0.25) is 0 Å². The minimum Gasteiger partial charge on any atom is -0.381 e. The summed E-state index contributed by atoms with van der Waals surface area (Å²) in [5.74, 6) is 0.307. The molecule has 2 atom stereocenters. The average molecular weight is 154 g/mol. The second-order valence-corrected chi connectivity index (χ2v) is 3.79. The molecule has 2 fully saturated rings. The SMILES string of the molecule is COC1CC(C=O)C12CCC2. The van der Waals surface area contributed by atoms with Crippen molar-refractivity contribution >= 4 is 6.29 Å². The molecule has 0 radical (unpaired) electrons. The van der Waals surface area contributed by atoms with Gasteiger partial charge in [0.05, 0.1) is 6.10 Å². The summed E-state index contributed by atoms with van der Waals surface area (Å²) in [6.07, 6.45) is 6.15. The van der Waals surface area contributed by atoms with Crippen molar-refractivity contribution in [3.05, 3.63) is 0 Å². The lowest BCUT2D eigenvalue weighted by molar-refractivity contribution is -0.182. The summed E-state index contributed by atoms with van der Waals surface area (Å²) in [6.45, 7) is 0.